The SMILES string of the molecule is Cc1nc(-c2ccc3c(c2)c(C#N)cn3CC2CCCO2)sc1C(=O)O. The van der Waals surface area contributed by atoms with Crippen molar-refractivity contribution in [2.24, 2.45) is 0 Å². The lowest BCUT2D eigenvalue weighted by Gasteiger charge is -2.11. The molecule has 1 N–H and O–H groups in total. The number of carbonyl (C=O) groups is 1. The lowest BCUT2D eigenvalue weighted by molar-refractivity contribution is 0.0701. The molecule has 7 heteroatoms. The number of carboxylic acids is 1. The van der Waals surface area contributed by atoms with Crippen LogP contribution in [-0.2, 0) is 11.3 Å². The Bertz CT molecular complexity index is 1040. The van der Waals surface area contributed by atoms with Gasteiger partial charge in [0, 0.05) is 35.8 Å². The molecule has 0 radical (unpaired) electrons. The van der Waals surface area contributed by atoms with Crippen molar-refractivity contribution in [3.63, 3.8) is 0 Å². The summed E-state index contributed by atoms with van der Waals surface area (Å²) in [5, 5.41) is 20.2. The molecule has 1 atom stereocenters. The maximum atomic E-state index is 11.3. The Labute approximate surface area is 154 Å². The number of hydrogen-bond donors (Lipinski definition) is 1. The summed E-state index contributed by atoms with van der Waals surface area (Å²) in [7, 11) is 0. The van der Waals surface area contributed by atoms with Gasteiger partial charge < -0.3 is 14.4 Å². The molecule has 3 aromatic rings. The minimum absolute atomic E-state index is 0.191. The van der Waals surface area contributed by atoms with Gasteiger partial charge in [-0.25, -0.2) is 9.78 Å². The third-order valence-corrected chi connectivity index (χ3v) is 5.86. The average molecular weight is 367 g/mol. The Balaban J connectivity index is 1.76. The lowest BCUT2D eigenvalue weighted by atomic mass is 10.1. The molecule has 4 rings (SSSR count). The second-order valence-corrected chi connectivity index (χ2v) is 7.41. The maximum Gasteiger partial charge on any atom is 0.347 e. The van der Waals surface area contributed by atoms with Gasteiger partial charge in [-0.3, -0.25) is 0 Å². The van der Waals surface area contributed by atoms with Crippen molar-refractivity contribution < 1.29 is 14.6 Å². The molecule has 0 saturated carbocycles. The molecular formula is C19H17N3O3S. The Hall–Kier alpha value is -2.69. The first-order valence-electron chi connectivity index (χ1n) is 8.42. The topological polar surface area (TPSA) is 88.1 Å². The number of aromatic nitrogens is 2. The van der Waals surface area contributed by atoms with Crippen LogP contribution < -0.4 is 0 Å². The van der Waals surface area contributed by atoms with Gasteiger partial charge in [0.2, 0.25) is 0 Å². The Morgan fingerprint density at radius 1 is 1.54 bits per heavy atom. The van der Waals surface area contributed by atoms with Gasteiger partial charge in [0.1, 0.15) is 16.0 Å². The Morgan fingerprint density at radius 2 is 2.38 bits per heavy atom. The van der Waals surface area contributed by atoms with E-state index in [9.17, 15) is 15.2 Å². The lowest BCUT2D eigenvalue weighted by Crippen LogP contribution is -2.13. The van der Waals surface area contributed by atoms with Gasteiger partial charge in [-0.2, -0.15) is 5.26 Å². The fourth-order valence-electron chi connectivity index (χ4n) is 3.40. The number of benzene rings is 1. The maximum absolute atomic E-state index is 11.3. The van der Waals surface area contributed by atoms with Gasteiger partial charge in [-0.05, 0) is 38.0 Å². The van der Waals surface area contributed by atoms with Crippen LogP contribution in [0.25, 0.3) is 21.5 Å². The van der Waals surface area contributed by atoms with Gasteiger partial charge >= 0.3 is 5.97 Å². The zero-order valence-electron chi connectivity index (χ0n) is 14.2. The first-order chi connectivity index (χ1) is 12.6. The molecule has 0 amide bonds. The molecule has 1 unspecified atom stereocenters. The predicted molar refractivity (Wildman–Crippen MR) is 98.4 cm³/mol. The molecule has 0 bridgehead atoms. The number of ether oxygens (including phenoxy) is 1. The summed E-state index contributed by atoms with van der Waals surface area (Å²) >= 11 is 1.16. The van der Waals surface area contributed by atoms with E-state index in [1.165, 1.54) is 0 Å². The molecule has 1 aliphatic heterocycles. The fourth-order valence-corrected chi connectivity index (χ4v) is 4.30. The summed E-state index contributed by atoms with van der Waals surface area (Å²) in [5.41, 5.74) is 2.91. The highest BCUT2D eigenvalue weighted by Gasteiger charge is 2.19. The van der Waals surface area contributed by atoms with Crippen molar-refractivity contribution in [3.05, 3.63) is 40.5 Å². The molecule has 6 nitrogen and oxygen atoms in total. The van der Waals surface area contributed by atoms with Gasteiger partial charge in [0.25, 0.3) is 0 Å². The zero-order valence-corrected chi connectivity index (χ0v) is 15.0. The highest BCUT2D eigenvalue weighted by molar-refractivity contribution is 7.17. The molecule has 1 aliphatic rings. The monoisotopic (exact) mass is 367 g/mol. The molecule has 1 aromatic carbocycles. The van der Waals surface area contributed by atoms with Crippen molar-refractivity contribution in [2.45, 2.75) is 32.4 Å². The summed E-state index contributed by atoms with van der Waals surface area (Å²) in [6, 6.07) is 8.08. The molecule has 1 fully saturated rings. The number of aryl methyl sites for hydroxylation is 1. The summed E-state index contributed by atoms with van der Waals surface area (Å²) in [6.07, 6.45) is 4.17. The second-order valence-electron chi connectivity index (χ2n) is 6.41. The normalized spacial score (nSPS) is 16.8. The minimum atomic E-state index is -0.965. The third-order valence-electron chi connectivity index (χ3n) is 4.66. The largest absolute Gasteiger partial charge is 0.477 e. The molecule has 132 valence electrons. The third kappa shape index (κ3) is 2.87. The van der Waals surface area contributed by atoms with E-state index in [2.05, 4.69) is 15.6 Å². The summed E-state index contributed by atoms with van der Waals surface area (Å²) in [5.74, 6) is -0.965. The van der Waals surface area contributed by atoms with Gasteiger partial charge in [-0.15, -0.1) is 11.3 Å². The molecule has 3 heterocycles. The van der Waals surface area contributed by atoms with Crippen LogP contribution in [0.3, 0.4) is 0 Å². The van der Waals surface area contributed by atoms with E-state index in [1.807, 2.05) is 24.4 Å². The number of rotatable bonds is 4. The summed E-state index contributed by atoms with van der Waals surface area (Å²) in [4.78, 5) is 15.9. The van der Waals surface area contributed by atoms with Crippen LogP contribution in [0, 0.1) is 18.3 Å². The minimum Gasteiger partial charge on any atom is -0.477 e. The van der Waals surface area contributed by atoms with Crippen molar-refractivity contribution in [1.29, 1.82) is 5.26 Å². The van der Waals surface area contributed by atoms with E-state index in [1.54, 1.807) is 6.92 Å². The summed E-state index contributed by atoms with van der Waals surface area (Å²) in [6.45, 7) is 3.23. The summed E-state index contributed by atoms with van der Waals surface area (Å²) < 4.78 is 7.79. The van der Waals surface area contributed by atoms with Crippen LogP contribution in [0.15, 0.2) is 24.4 Å². The number of carboxylic acid groups (broad SMARTS) is 1. The molecular weight excluding hydrogens is 350 g/mol. The van der Waals surface area contributed by atoms with E-state index >= 15 is 0 Å². The molecule has 0 aliphatic carbocycles. The zero-order chi connectivity index (χ0) is 18.3. The number of thiazole rings is 1. The Kier molecular flexibility index (Phi) is 4.23. The van der Waals surface area contributed by atoms with Gasteiger partial charge in [0.05, 0.1) is 17.4 Å². The number of hydrogen-bond acceptors (Lipinski definition) is 5. The standard InChI is InChI=1S/C19H17N3O3S/c1-11-17(19(23)24)26-18(21-11)12-4-5-16-15(7-12)13(8-20)9-22(16)10-14-3-2-6-25-14/h4-5,7,9,14H,2-3,6,10H2,1H3,(H,23,24). The van der Waals surface area contributed by atoms with Crippen LogP contribution in [-0.4, -0.2) is 33.3 Å². The van der Waals surface area contributed by atoms with Crippen molar-refractivity contribution in [2.75, 3.05) is 6.61 Å². The molecule has 0 spiro atoms. The average Bonchev–Trinajstić information content (AvgIpc) is 3.34. The number of aromatic carboxylic acids is 1. The number of fused-ring (bicyclic) bond motifs is 1. The van der Waals surface area contributed by atoms with Gasteiger partial charge in [-0.1, -0.05) is 0 Å². The number of nitrogens with zero attached hydrogens (tertiary/aromatic N) is 3. The van der Waals surface area contributed by atoms with Crippen molar-refractivity contribution >= 4 is 28.2 Å². The van der Waals surface area contributed by atoms with E-state index < -0.39 is 5.97 Å². The highest BCUT2D eigenvalue weighted by Crippen LogP contribution is 2.32. The van der Waals surface area contributed by atoms with Crippen LogP contribution in [0.2, 0.25) is 0 Å². The van der Waals surface area contributed by atoms with E-state index in [0.29, 0.717) is 16.3 Å². The predicted octanol–water partition coefficient (Wildman–Crippen LogP) is 3.82. The Morgan fingerprint density at radius 3 is 3.04 bits per heavy atom. The highest BCUT2D eigenvalue weighted by atomic mass is 32.1. The second kappa shape index (κ2) is 6.56. The van der Waals surface area contributed by atoms with E-state index in [-0.39, 0.29) is 11.0 Å². The molecule has 1 saturated heterocycles. The molecule has 2 aromatic heterocycles. The quantitative estimate of drug-likeness (QED) is 0.757. The van der Waals surface area contributed by atoms with Crippen LogP contribution in [0.1, 0.15) is 33.8 Å². The van der Waals surface area contributed by atoms with Crippen molar-refractivity contribution in [3.8, 4) is 16.6 Å². The fraction of sp³-hybridized carbons (Fsp3) is 0.316. The molecule has 26 heavy (non-hydrogen) atoms. The van der Waals surface area contributed by atoms with Gasteiger partial charge in [0.15, 0.2) is 0 Å². The number of nitriles is 1. The van der Waals surface area contributed by atoms with Crippen molar-refractivity contribution in [1.82, 2.24) is 9.55 Å². The first kappa shape index (κ1) is 16.8. The smallest absolute Gasteiger partial charge is 0.347 e. The van der Waals surface area contributed by atoms with E-state index in [4.69, 9.17) is 4.74 Å². The van der Waals surface area contributed by atoms with Crippen LogP contribution in [0.5, 0.6) is 0 Å². The van der Waals surface area contributed by atoms with Crippen LogP contribution in [0.4, 0.5) is 0 Å². The van der Waals surface area contributed by atoms with Crippen LogP contribution >= 0.6 is 11.3 Å². The van der Waals surface area contributed by atoms with E-state index in [0.717, 1.165) is 53.8 Å². The first-order valence-corrected chi connectivity index (χ1v) is 9.24.